The van der Waals surface area contributed by atoms with E-state index in [0.717, 1.165) is 19.3 Å². The Morgan fingerprint density at radius 2 is 2.05 bits per heavy atom. The highest BCUT2D eigenvalue weighted by Crippen LogP contribution is 2.17. The van der Waals surface area contributed by atoms with E-state index in [0.29, 0.717) is 11.6 Å². The molecule has 0 heterocycles. The predicted octanol–water partition coefficient (Wildman–Crippen LogP) is 3.66. The molecule has 0 saturated heterocycles. The van der Waals surface area contributed by atoms with Gasteiger partial charge in [-0.15, -0.1) is 6.58 Å². The van der Waals surface area contributed by atoms with Crippen LogP contribution in [0.4, 0.5) is 0 Å². The maximum atomic E-state index is 11.0. The van der Waals surface area contributed by atoms with Crippen LogP contribution in [-0.2, 0) is 9.53 Å². The molecule has 0 rings (SSSR count). The fraction of sp³-hybridized carbons (Fsp3) is 0.353. The van der Waals surface area contributed by atoms with Crippen molar-refractivity contribution in [1.29, 1.82) is 0 Å². The number of methoxy groups -OCH3 is 1. The smallest absolute Gasteiger partial charge is 0.330 e. The average Bonchev–Trinajstić information content (AvgIpc) is 2.47. The monoisotopic (exact) mass is 275 g/mol. The van der Waals surface area contributed by atoms with Crippen molar-refractivity contribution in [3.8, 4) is 0 Å². The molecule has 0 aromatic rings. The van der Waals surface area contributed by atoms with Gasteiger partial charge in [0, 0.05) is 11.8 Å². The molecule has 0 aliphatic carbocycles. The largest absolute Gasteiger partial charge is 0.466 e. The second-order valence-electron chi connectivity index (χ2n) is 4.58. The van der Waals surface area contributed by atoms with E-state index >= 15 is 0 Å². The molecule has 0 radical (unpaired) electrons. The van der Waals surface area contributed by atoms with Gasteiger partial charge in [-0.05, 0) is 44.3 Å². The van der Waals surface area contributed by atoms with Crippen molar-refractivity contribution >= 4 is 5.97 Å². The molecule has 0 aromatic heterocycles. The zero-order valence-electron chi connectivity index (χ0n) is 12.5. The molecule has 3 nitrogen and oxygen atoms in total. The van der Waals surface area contributed by atoms with Crippen molar-refractivity contribution in [1.82, 2.24) is 0 Å². The van der Waals surface area contributed by atoms with Gasteiger partial charge in [-0.3, -0.25) is 0 Å². The van der Waals surface area contributed by atoms with E-state index in [9.17, 15) is 4.79 Å². The molecule has 2 N–H and O–H groups in total. The number of esters is 1. The second kappa shape index (κ2) is 10.9. The van der Waals surface area contributed by atoms with E-state index in [1.165, 1.54) is 18.8 Å². The average molecular weight is 275 g/mol. The van der Waals surface area contributed by atoms with Crippen molar-refractivity contribution in [2.45, 2.75) is 26.2 Å². The van der Waals surface area contributed by atoms with E-state index in [-0.39, 0.29) is 5.97 Å². The standard InChI is InChI=1S/C17H25NO2/c1-5-15(8-7-9-17(19)20-4)12-10-14(3)11-13-16(18)6-2/h5-7,9,11,13,15H,1-2,8,10,12,18H2,3-4H3/b9-7+,14-11+,16-13+. The van der Waals surface area contributed by atoms with Crippen LogP contribution < -0.4 is 5.73 Å². The zero-order chi connectivity index (χ0) is 15.4. The predicted molar refractivity (Wildman–Crippen MR) is 84.9 cm³/mol. The molecule has 0 fully saturated rings. The molecule has 3 heteroatoms. The lowest BCUT2D eigenvalue weighted by Gasteiger charge is -2.09. The minimum Gasteiger partial charge on any atom is -0.466 e. The highest BCUT2D eigenvalue weighted by molar-refractivity contribution is 5.81. The summed E-state index contributed by atoms with van der Waals surface area (Å²) < 4.78 is 4.54. The summed E-state index contributed by atoms with van der Waals surface area (Å²) in [6.45, 7) is 9.50. The van der Waals surface area contributed by atoms with Crippen LogP contribution in [0.25, 0.3) is 0 Å². The summed E-state index contributed by atoms with van der Waals surface area (Å²) in [5.41, 5.74) is 7.55. The van der Waals surface area contributed by atoms with Crippen LogP contribution >= 0.6 is 0 Å². The summed E-state index contributed by atoms with van der Waals surface area (Å²) in [6.07, 6.45) is 13.4. The van der Waals surface area contributed by atoms with Gasteiger partial charge in [0.25, 0.3) is 0 Å². The molecule has 20 heavy (non-hydrogen) atoms. The van der Waals surface area contributed by atoms with Crippen LogP contribution in [0.15, 0.2) is 60.9 Å². The van der Waals surface area contributed by atoms with Crippen LogP contribution in [0.3, 0.4) is 0 Å². The van der Waals surface area contributed by atoms with Crippen molar-refractivity contribution < 1.29 is 9.53 Å². The Labute approximate surface area is 122 Å². The highest BCUT2D eigenvalue weighted by Gasteiger charge is 2.03. The first-order valence-electron chi connectivity index (χ1n) is 6.65. The molecular weight excluding hydrogens is 250 g/mol. The van der Waals surface area contributed by atoms with Crippen molar-refractivity contribution in [2.24, 2.45) is 11.7 Å². The lowest BCUT2D eigenvalue weighted by atomic mass is 9.96. The van der Waals surface area contributed by atoms with Crippen LogP contribution in [0.1, 0.15) is 26.2 Å². The van der Waals surface area contributed by atoms with Gasteiger partial charge < -0.3 is 10.5 Å². The Morgan fingerprint density at radius 1 is 1.35 bits per heavy atom. The zero-order valence-corrected chi connectivity index (χ0v) is 12.5. The lowest BCUT2D eigenvalue weighted by Crippen LogP contribution is -1.97. The second-order valence-corrected chi connectivity index (χ2v) is 4.58. The minimum absolute atomic E-state index is 0.325. The first kappa shape index (κ1) is 18.0. The van der Waals surface area contributed by atoms with Gasteiger partial charge >= 0.3 is 5.97 Å². The summed E-state index contributed by atoms with van der Waals surface area (Å²) in [7, 11) is 1.37. The van der Waals surface area contributed by atoms with E-state index in [2.05, 4.69) is 24.8 Å². The Hall–Kier alpha value is -2.03. The number of carbonyl (C=O) groups is 1. The third-order valence-electron chi connectivity index (χ3n) is 2.93. The van der Waals surface area contributed by atoms with Gasteiger partial charge in [0.1, 0.15) is 0 Å². The molecule has 0 saturated carbocycles. The number of ether oxygens (including phenoxy) is 1. The van der Waals surface area contributed by atoms with E-state index in [1.54, 1.807) is 6.08 Å². The normalized spacial score (nSPS) is 14.1. The van der Waals surface area contributed by atoms with E-state index in [1.807, 2.05) is 24.3 Å². The number of hydrogen-bond donors (Lipinski definition) is 1. The van der Waals surface area contributed by atoms with Gasteiger partial charge in [-0.25, -0.2) is 4.79 Å². The molecule has 0 aliphatic heterocycles. The van der Waals surface area contributed by atoms with Crippen molar-refractivity contribution in [3.05, 3.63) is 60.9 Å². The van der Waals surface area contributed by atoms with Gasteiger partial charge in [0.2, 0.25) is 0 Å². The summed E-state index contributed by atoms with van der Waals surface area (Å²) in [4.78, 5) is 11.0. The Morgan fingerprint density at radius 3 is 2.60 bits per heavy atom. The molecule has 1 atom stereocenters. The maximum Gasteiger partial charge on any atom is 0.330 e. The molecular formula is C17H25NO2. The summed E-state index contributed by atoms with van der Waals surface area (Å²) in [5, 5.41) is 0. The minimum atomic E-state index is -0.325. The SMILES string of the molecule is C=C/C(N)=C\C=C(/C)CCC(C=C)C/C=C/C(=O)OC. The molecule has 0 aromatic carbocycles. The Balaban J connectivity index is 4.25. The van der Waals surface area contributed by atoms with Crippen LogP contribution in [0.2, 0.25) is 0 Å². The number of hydrogen-bond acceptors (Lipinski definition) is 3. The fourth-order valence-electron chi connectivity index (χ4n) is 1.54. The molecule has 110 valence electrons. The van der Waals surface area contributed by atoms with Gasteiger partial charge in [0.15, 0.2) is 0 Å². The molecule has 0 bridgehead atoms. The van der Waals surface area contributed by atoms with Crippen LogP contribution in [0, 0.1) is 5.92 Å². The Bertz CT molecular complexity index is 417. The molecule has 0 amide bonds. The Kier molecular flexibility index (Phi) is 9.75. The molecule has 0 spiro atoms. The quantitative estimate of drug-likeness (QED) is 0.302. The van der Waals surface area contributed by atoms with Gasteiger partial charge in [-0.1, -0.05) is 30.4 Å². The summed E-state index contributed by atoms with van der Waals surface area (Å²) in [5.74, 6) is 0.0221. The van der Waals surface area contributed by atoms with Crippen LogP contribution in [0.5, 0.6) is 0 Å². The molecule has 1 unspecified atom stereocenters. The lowest BCUT2D eigenvalue weighted by molar-refractivity contribution is -0.134. The van der Waals surface area contributed by atoms with Crippen LogP contribution in [-0.4, -0.2) is 13.1 Å². The first-order valence-corrected chi connectivity index (χ1v) is 6.65. The summed E-state index contributed by atoms with van der Waals surface area (Å²) >= 11 is 0. The highest BCUT2D eigenvalue weighted by atomic mass is 16.5. The maximum absolute atomic E-state index is 11.0. The third-order valence-corrected chi connectivity index (χ3v) is 2.93. The fourth-order valence-corrected chi connectivity index (χ4v) is 1.54. The molecule has 0 aliphatic rings. The number of allylic oxidation sites excluding steroid dienone is 6. The number of rotatable bonds is 9. The first-order chi connectivity index (χ1) is 9.53. The van der Waals surface area contributed by atoms with Gasteiger partial charge in [-0.2, -0.15) is 0 Å². The van der Waals surface area contributed by atoms with E-state index < -0.39 is 0 Å². The third kappa shape index (κ3) is 8.97. The van der Waals surface area contributed by atoms with E-state index in [4.69, 9.17) is 5.73 Å². The topological polar surface area (TPSA) is 52.3 Å². The van der Waals surface area contributed by atoms with Crippen molar-refractivity contribution in [3.63, 3.8) is 0 Å². The summed E-state index contributed by atoms with van der Waals surface area (Å²) in [6, 6.07) is 0. The number of nitrogens with two attached hydrogens (primary N) is 1. The van der Waals surface area contributed by atoms with Crippen molar-refractivity contribution in [2.75, 3.05) is 7.11 Å². The van der Waals surface area contributed by atoms with Gasteiger partial charge in [0.05, 0.1) is 7.11 Å². The number of carbonyl (C=O) groups excluding carboxylic acids is 1.